The van der Waals surface area contributed by atoms with Crippen LogP contribution in [0.15, 0.2) is 16.6 Å². The van der Waals surface area contributed by atoms with Crippen molar-refractivity contribution in [3.63, 3.8) is 0 Å². The van der Waals surface area contributed by atoms with Gasteiger partial charge in [-0.3, -0.25) is 0 Å². The van der Waals surface area contributed by atoms with E-state index >= 15 is 0 Å². The van der Waals surface area contributed by atoms with E-state index in [0.29, 0.717) is 5.56 Å². The first-order valence-electron chi connectivity index (χ1n) is 5.96. The second-order valence-electron chi connectivity index (χ2n) is 4.22. The summed E-state index contributed by atoms with van der Waals surface area (Å²) in [6.45, 7) is 2.14. The first-order valence-corrected chi connectivity index (χ1v) is 6.76. The van der Waals surface area contributed by atoms with Crippen molar-refractivity contribution in [2.24, 2.45) is 5.73 Å². The van der Waals surface area contributed by atoms with E-state index in [2.05, 4.69) is 22.9 Å². The van der Waals surface area contributed by atoms with Crippen molar-refractivity contribution in [2.75, 3.05) is 0 Å². The van der Waals surface area contributed by atoms with Crippen molar-refractivity contribution in [2.45, 2.75) is 45.1 Å². The summed E-state index contributed by atoms with van der Waals surface area (Å²) in [5.74, 6) is -1.70. The van der Waals surface area contributed by atoms with Crippen LogP contribution in [0.5, 0.6) is 0 Å². The van der Waals surface area contributed by atoms with Crippen molar-refractivity contribution in [3.05, 3.63) is 33.8 Å². The fourth-order valence-electron chi connectivity index (χ4n) is 1.77. The Morgan fingerprint density at radius 3 is 2.59 bits per heavy atom. The molecule has 0 bridgehead atoms. The largest absolute Gasteiger partial charge is 0.324 e. The molecule has 1 nitrogen and oxygen atoms in total. The Morgan fingerprint density at radius 2 is 1.94 bits per heavy atom. The molecule has 0 heterocycles. The lowest BCUT2D eigenvalue weighted by atomic mass is 10.0. The van der Waals surface area contributed by atoms with E-state index in [1.165, 1.54) is 12.8 Å². The standard InChI is InChI=1S/C13H18BrF2N/c1-2-3-4-5-6-11(17)9-7-8-10(15)13(16)12(9)14/h7-8,11H,2-6,17H2,1H3. The number of unbranched alkanes of at least 4 members (excludes halogenated alkanes) is 3. The predicted molar refractivity (Wildman–Crippen MR) is 69.7 cm³/mol. The van der Waals surface area contributed by atoms with Gasteiger partial charge in [0.1, 0.15) is 0 Å². The molecule has 0 spiro atoms. The van der Waals surface area contributed by atoms with Crippen molar-refractivity contribution < 1.29 is 8.78 Å². The Hall–Kier alpha value is -0.480. The van der Waals surface area contributed by atoms with Gasteiger partial charge < -0.3 is 5.73 Å². The van der Waals surface area contributed by atoms with Crippen LogP contribution < -0.4 is 5.73 Å². The van der Waals surface area contributed by atoms with Crippen LogP contribution in [0.1, 0.15) is 50.6 Å². The van der Waals surface area contributed by atoms with Crippen LogP contribution in [0.3, 0.4) is 0 Å². The number of halogens is 3. The van der Waals surface area contributed by atoms with Crippen molar-refractivity contribution in [3.8, 4) is 0 Å². The van der Waals surface area contributed by atoms with E-state index in [-0.39, 0.29) is 10.5 Å². The number of hydrogen-bond donors (Lipinski definition) is 1. The van der Waals surface area contributed by atoms with Gasteiger partial charge in [-0.2, -0.15) is 0 Å². The number of hydrogen-bond acceptors (Lipinski definition) is 1. The molecule has 0 amide bonds. The van der Waals surface area contributed by atoms with Crippen LogP contribution in [-0.2, 0) is 0 Å². The van der Waals surface area contributed by atoms with Gasteiger partial charge in [0, 0.05) is 6.04 Å². The molecule has 1 rings (SSSR count). The minimum absolute atomic E-state index is 0.153. The molecule has 0 aliphatic heterocycles. The molecular weight excluding hydrogens is 288 g/mol. The highest BCUT2D eigenvalue weighted by Crippen LogP contribution is 2.29. The Kier molecular flexibility index (Phi) is 6.06. The van der Waals surface area contributed by atoms with Gasteiger partial charge in [-0.1, -0.05) is 38.7 Å². The summed E-state index contributed by atoms with van der Waals surface area (Å²) >= 11 is 3.06. The van der Waals surface area contributed by atoms with Crippen LogP contribution in [0.4, 0.5) is 8.78 Å². The first kappa shape index (κ1) is 14.6. The van der Waals surface area contributed by atoms with Gasteiger partial charge in [0.2, 0.25) is 0 Å². The molecule has 0 aliphatic carbocycles. The van der Waals surface area contributed by atoms with Gasteiger partial charge in [-0.15, -0.1) is 0 Å². The zero-order valence-corrected chi connectivity index (χ0v) is 11.6. The van der Waals surface area contributed by atoms with E-state index < -0.39 is 11.6 Å². The van der Waals surface area contributed by atoms with Gasteiger partial charge in [0.05, 0.1) is 4.47 Å². The van der Waals surface area contributed by atoms with E-state index in [0.717, 1.165) is 25.3 Å². The van der Waals surface area contributed by atoms with Gasteiger partial charge in [-0.05, 0) is 34.0 Å². The molecule has 1 aromatic carbocycles. The fraction of sp³-hybridized carbons (Fsp3) is 0.538. The number of rotatable bonds is 6. The Balaban J connectivity index is 2.63. The Morgan fingerprint density at radius 1 is 1.24 bits per heavy atom. The first-order chi connectivity index (χ1) is 8.07. The highest BCUT2D eigenvalue weighted by molar-refractivity contribution is 9.10. The smallest absolute Gasteiger partial charge is 0.173 e. The lowest BCUT2D eigenvalue weighted by molar-refractivity contribution is 0.496. The SMILES string of the molecule is CCCCCCC(N)c1ccc(F)c(F)c1Br. The van der Waals surface area contributed by atoms with Crippen LogP contribution in [0, 0.1) is 11.6 Å². The minimum Gasteiger partial charge on any atom is -0.324 e. The van der Waals surface area contributed by atoms with Crippen LogP contribution in [0.2, 0.25) is 0 Å². The van der Waals surface area contributed by atoms with Crippen molar-refractivity contribution >= 4 is 15.9 Å². The van der Waals surface area contributed by atoms with Gasteiger partial charge in [0.25, 0.3) is 0 Å². The molecule has 2 N–H and O–H groups in total. The van der Waals surface area contributed by atoms with E-state index in [4.69, 9.17) is 5.73 Å². The lowest BCUT2D eigenvalue weighted by Gasteiger charge is -2.14. The summed E-state index contributed by atoms with van der Waals surface area (Å²) in [5, 5.41) is 0. The average molecular weight is 306 g/mol. The second kappa shape index (κ2) is 7.07. The maximum atomic E-state index is 13.3. The van der Waals surface area contributed by atoms with Gasteiger partial charge in [-0.25, -0.2) is 8.78 Å². The Bertz CT molecular complexity index is 369. The highest BCUT2D eigenvalue weighted by Gasteiger charge is 2.15. The summed E-state index contributed by atoms with van der Waals surface area (Å²) in [6.07, 6.45) is 5.30. The summed E-state index contributed by atoms with van der Waals surface area (Å²) < 4.78 is 26.4. The second-order valence-corrected chi connectivity index (χ2v) is 5.01. The molecule has 1 aromatic rings. The molecule has 0 saturated heterocycles. The van der Waals surface area contributed by atoms with Gasteiger partial charge in [0.15, 0.2) is 11.6 Å². The maximum Gasteiger partial charge on any atom is 0.173 e. The monoisotopic (exact) mass is 305 g/mol. The topological polar surface area (TPSA) is 26.0 Å². The quantitative estimate of drug-likeness (QED) is 0.598. The number of nitrogens with two attached hydrogens (primary N) is 1. The molecule has 4 heteroatoms. The van der Waals surface area contributed by atoms with Crippen molar-refractivity contribution in [1.29, 1.82) is 0 Å². The molecule has 0 radical (unpaired) electrons. The summed E-state index contributed by atoms with van der Waals surface area (Å²) in [6, 6.07) is 2.44. The van der Waals surface area contributed by atoms with E-state index in [1.807, 2.05) is 0 Å². The zero-order chi connectivity index (χ0) is 12.8. The molecule has 0 saturated carbocycles. The van der Waals surface area contributed by atoms with E-state index in [9.17, 15) is 8.78 Å². The van der Waals surface area contributed by atoms with Crippen LogP contribution >= 0.6 is 15.9 Å². The number of benzene rings is 1. The fourth-order valence-corrected chi connectivity index (χ4v) is 2.39. The Labute approximate surface area is 110 Å². The third-order valence-electron chi connectivity index (χ3n) is 2.83. The molecule has 1 unspecified atom stereocenters. The minimum atomic E-state index is -0.855. The normalized spacial score (nSPS) is 12.8. The zero-order valence-electron chi connectivity index (χ0n) is 9.98. The van der Waals surface area contributed by atoms with Crippen LogP contribution in [-0.4, -0.2) is 0 Å². The van der Waals surface area contributed by atoms with E-state index in [1.54, 1.807) is 6.07 Å². The van der Waals surface area contributed by atoms with Crippen molar-refractivity contribution in [1.82, 2.24) is 0 Å². The molecular formula is C13H18BrF2N. The molecule has 0 fully saturated rings. The predicted octanol–water partition coefficient (Wildman–Crippen LogP) is 4.70. The summed E-state index contributed by atoms with van der Waals surface area (Å²) in [7, 11) is 0. The summed E-state index contributed by atoms with van der Waals surface area (Å²) in [4.78, 5) is 0. The lowest BCUT2D eigenvalue weighted by Crippen LogP contribution is -2.12. The molecule has 0 aromatic heterocycles. The molecule has 0 aliphatic rings. The third-order valence-corrected chi connectivity index (χ3v) is 3.64. The van der Waals surface area contributed by atoms with Gasteiger partial charge >= 0.3 is 0 Å². The molecule has 1 atom stereocenters. The third kappa shape index (κ3) is 4.03. The maximum absolute atomic E-state index is 13.3. The average Bonchev–Trinajstić information content (AvgIpc) is 2.31. The summed E-state index contributed by atoms with van der Waals surface area (Å²) in [5.41, 5.74) is 6.62. The molecule has 17 heavy (non-hydrogen) atoms. The van der Waals surface area contributed by atoms with Crippen LogP contribution in [0.25, 0.3) is 0 Å². The molecule has 96 valence electrons. The highest BCUT2D eigenvalue weighted by atomic mass is 79.9.